The highest BCUT2D eigenvalue weighted by Crippen LogP contribution is 2.27. The van der Waals surface area contributed by atoms with Crippen LogP contribution in [0.4, 0.5) is 0 Å². The average molecular weight is 303 g/mol. The van der Waals surface area contributed by atoms with Crippen LogP contribution in [-0.2, 0) is 13.6 Å². The maximum atomic E-state index is 10.4. The summed E-state index contributed by atoms with van der Waals surface area (Å²) >= 11 is 0. The Kier molecular flexibility index (Phi) is 4.95. The van der Waals surface area contributed by atoms with Crippen molar-refractivity contribution >= 4 is 0 Å². The van der Waals surface area contributed by atoms with E-state index >= 15 is 0 Å². The molecule has 0 bridgehead atoms. The summed E-state index contributed by atoms with van der Waals surface area (Å²) in [5, 5.41) is 14.7. The van der Waals surface area contributed by atoms with Crippen LogP contribution in [0.2, 0.25) is 0 Å². The van der Waals surface area contributed by atoms with Crippen LogP contribution in [0, 0.1) is 0 Å². The summed E-state index contributed by atoms with van der Waals surface area (Å²) < 4.78 is 7.19. The van der Waals surface area contributed by atoms with Gasteiger partial charge in [0.2, 0.25) is 0 Å². The van der Waals surface area contributed by atoms with Crippen LogP contribution in [-0.4, -0.2) is 32.4 Å². The molecule has 0 amide bonds. The van der Waals surface area contributed by atoms with E-state index in [1.165, 1.54) is 24.8 Å². The molecule has 0 radical (unpaired) electrons. The molecule has 3 heterocycles. The Labute approximate surface area is 131 Å². The first-order valence-corrected chi connectivity index (χ1v) is 8.15. The lowest BCUT2D eigenvalue weighted by Gasteiger charge is -2.30. The predicted octanol–water partition coefficient (Wildman–Crippen LogP) is 2.88. The molecule has 2 unspecified atom stereocenters. The predicted molar refractivity (Wildman–Crippen MR) is 84.2 cm³/mol. The smallest absolute Gasteiger partial charge is 0.132 e. The molecule has 120 valence electrons. The molecule has 5 nitrogen and oxygen atoms in total. The molecule has 0 aromatic carbocycles. The number of aryl methyl sites for hydroxylation is 1. The summed E-state index contributed by atoms with van der Waals surface area (Å²) in [7, 11) is 1.95. The average Bonchev–Trinajstić information content (AvgIpc) is 3.12. The van der Waals surface area contributed by atoms with E-state index < -0.39 is 6.10 Å². The van der Waals surface area contributed by atoms with Gasteiger partial charge in [-0.1, -0.05) is 12.8 Å². The van der Waals surface area contributed by atoms with Crippen LogP contribution in [0.15, 0.2) is 35.2 Å². The lowest BCUT2D eigenvalue weighted by Crippen LogP contribution is -2.35. The Hall–Kier alpha value is -1.59. The zero-order valence-corrected chi connectivity index (χ0v) is 13.2. The Balaban J connectivity index is 1.67. The van der Waals surface area contributed by atoms with Gasteiger partial charge in [0, 0.05) is 31.4 Å². The second-order valence-electron chi connectivity index (χ2n) is 6.26. The van der Waals surface area contributed by atoms with Crippen molar-refractivity contribution in [2.75, 3.05) is 6.54 Å². The van der Waals surface area contributed by atoms with Gasteiger partial charge >= 0.3 is 0 Å². The molecule has 2 aromatic heterocycles. The maximum absolute atomic E-state index is 10.4. The van der Waals surface area contributed by atoms with Gasteiger partial charge in [-0.25, -0.2) is 0 Å². The van der Waals surface area contributed by atoms with Crippen molar-refractivity contribution in [2.45, 2.75) is 50.8 Å². The Morgan fingerprint density at radius 3 is 3.05 bits per heavy atom. The molecular weight excluding hydrogens is 278 g/mol. The molecule has 1 saturated heterocycles. The van der Waals surface area contributed by atoms with Gasteiger partial charge in [-0.3, -0.25) is 9.58 Å². The van der Waals surface area contributed by atoms with Crippen LogP contribution in [0.1, 0.15) is 49.5 Å². The topological polar surface area (TPSA) is 54.4 Å². The van der Waals surface area contributed by atoms with E-state index in [0.29, 0.717) is 11.8 Å². The minimum absolute atomic E-state index is 0.391. The maximum Gasteiger partial charge on any atom is 0.132 e. The first kappa shape index (κ1) is 15.3. The van der Waals surface area contributed by atoms with Gasteiger partial charge in [-0.2, -0.15) is 5.10 Å². The van der Waals surface area contributed by atoms with Gasteiger partial charge in [-0.05, 0) is 37.9 Å². The van der Waals surface area contributed by atoms with E-state index in [2.05, 4.69) is 16.2 Å². The molecule has 1 fully saturated rings. The van der Waals surface area contributed by atoms with Crippen molar-refractivity contribution in [3.8, 4) is 0 Å². The quantitative estimate of drug-likeness (QED) is 0.923. The highest BCUT2D eigenvalue weighted by molar-refractivity contribution is 5.05. The summed E-state index contributed by atoms with van der Waals surface area (Å²) in [5.41, 5.74) is 1.24. The number of furan rings is 1. The Morgan fingerprint density at radius 1 is 1.41 bits per heavy atom. The monoisotopic (exact) mass is 303 g/mol. The minimum atomic E-state index is -0.519. The third kappa shape index (κ3) is 3.78. The number of aromatic nitrogens is 2. The molecule has 1 aliphatic heterocycles. The third-order valence-electron chi connectivity index (χ3n) is 4.51. The van der Waals surface area contributed by atoms with Gasteiger partial charge in [0.25, 0.3) is 0 Å². The van der Waals surface area contributed by atoms with Gasteiger partial charge < -0.3 is 9.52 Å². The van der Waals surface area contributed by atoms with Crippen LogP contribution < -0.4 is 0 Å². The molecule has 2 aromatic rings. The summed E-state index contributed by atoms with van der Waals surface area (Å²) in [6.45, 7) is 1.99. The highest BCUT2D eigenvalue weighted by atomic mass is 16.4. The first-order chi connectivity index (χ1) is 10.7. The SMILES string of the molecule is Cn1cc(CN2CCCCCC2CC(O)c2ccco2)cn1. The third-order valence-corrected chi connectivity index (χ3v) is 4.51. The summed E-state index contributed by atoms with van der Waals surface area (Å²) in [5.74, 6) is 0.672. The van der Waals surface area contributed by atoms with Crippen molar-refractivity contribution in [3.63, 3.8) is 0 Å². The number of aliphatic hydroxyl groups excluding tert-OH is 1. The summed E-state index contributed by atoms with van der Waals surface area (Å²) in [4.78, 5) is 2.50. The van der Waals surface area contributed by atoms with Crippen molar-refractivity contribution in [1.29, 1.82) is 0 Å². The van der Waals surface area contributed by atoms with Gasteiger partial charge in [0.15, 0.2) is 0 Å². The fourth-order valence-electron chi connectivity index (χ4n) is 3.35. The molecule has 0 saturated carbocycles. The fraction of sp³-hybridized carbons (Fsp3) is 0.588. The van der Waals surface area contributed by atoms with Gasteiger partial charge in [0.05, 0.1) is 12.5 Å². The lowest BCUT2D eigenvalue weighted by atomic mass is 10.0. The second kappa shape index (κ2) is 7.11. The molecule has 0 aliphatic carbocycles. The Morgan fingerprint density at radius 2 is 2.32 bits per heavy atom. The number of hydrogen-bond donors (Lipinski definition) is 1. The van der Waals surface area contributed by atoms with Crippen molar-refractivity contribution in [2.24, 2.45) is 7.05 Å². The van der Waals surface area contributed by atoms with Crippen molar-refractivity contribution in [3.05, 3.63) is 42.1 Å². The largest absolute Gasteiger partial charge is 0.467 e. The summed E-state index contributed by atoms with van der Waals surface area (Å²) in [6, 6.07) is 4.08. The van der Waals surface area contributed by atoms with E-state index in [-0.39, 0.29) is 0 Å². The van der Waals surface area contributed by atoms with E-state index in [9.17, 15) is 5.11 Å². The zero-order valence-electron chi connectivity index (χ0n) is 13.2. The van der Waals surface area contributed by atoms with Crippen molar-refractivity contribution < 1.29 is 9.52 Å². The van der Waals surface area contributed by atoms with Crippen LogP contribution in [0.5, 0.6) is 0 Å². The Bertz CT molecular complexity index is 564. The molecule has 22 heavy (non-hydrogen) atoms. The van der Waals surface area contributed by atoms with Crippen LogP contribution in [0.3, 0.4) is 0 Å². The van der Waals surface area contributed by atoms with E-state index in [0.717, 1.165) is 25.9 Å². The molecule has 3 rings (SSSR count). The molecule has 5 heteroatoms. The van der Waals surface area contributed by atoms with Crippen LogP contribution in [0.25, 0.3) is 0 Å². The molecule has 2 atom stereocenters. The number of hydrogen-bond acceptors (Lipinski definition) is 4. The zero-order chi connectivity index (χ0) is 15.4. The first-order valence-electron chi connectivity index (χ1n) is 8.15. The molecule has 1 aliphatic rings. The van der Waals surface area contributed by atoms with E-state index in [1.807, 2.05) is 30.1 Å². The second-order valence-corrected chi connectivity index (χ2v) is 6.26. The minimum Gasteiger partial charge on any atom is -0.467 e. The van der Waals surface area contributed by atoms with E-state index in [4.69, 9.17) is 4.42 Å². The number of likely N-dealkylation sites (tertiary alicyclic amines) is 1. The molecule has 0 spiro atoms. The molecule has 1 N–H and O–H groups in total. The van der Waals surface area contributed by atoms with E-state index in [1.54, 1.807) is 6.26 Å². The highest BCUT2D eigenvalue weighted by Gasteiger charge is 2.25. The number of nitrogens with zero attached hydrogens (tertiary/aromatic N) is 3. The normalized spacial score (nSPS) is 21.6. The van der Waals surface area contributed by atoms with Gasteiger partial charge in [-0.15, -0.1) is 0 Å². The fourth-order valence-corrected chi connectivity index (χ4v) is 3.35. The standard InChI is InChI=1S/C17H25N3O2/c1-19-12-14(11-18-19)13-20-8-4-2-3-6-15(20)10-16(21)17-7-5-9-22-17/h5,7,9,11-12,15-16,21H,2-4,6,8,10,13H2,1H3. The van der Waals surface area contributed by atoms with Gasteiger partial charge in [0.1, 0.15) is 11.9 Å². The lowest BCUT2D eigenvalue weighted by molar-refractivity contribution is 0.0830. The number of rotatable bonds is 5. The summed E-state index contributed by atoms with van der Waals surface area (Å²) in [6.07, 6.45) is 10.7. The number of aliphatic hydroxyl groups is 1. The van der Waals surface area contributed by atoms with Crippen LogP contribution >= 0.6 is 0 Å². The molecular formula is C17H25N3O2. The van der Waals surface area contributed by atoms with Crippen molar-refractivity contribution in [1.82, 2.24) is 14.7 Å².